The van der Waals surface area contributed by atoms with Gasteiger partial charge in [0, 0.05) is 24.0 Å². The lowest BCUT2D eigenvalue weighted by Gasteiger charge is -2.35. The first-order valence-corrected chi connectivity index (χ1v) is 5.55. The number of ether oxygens (including phenoxy) is 1. The molecule has 4 atom stereocenters. The lowest BCUT2D eigenvalue weighted by Crippen LogP contribution is -2.43. The van der Waals surface area contributed by atoms with E-state index >= 15 is 0 Å². The van der Waals surface area contributed by atoms with Crippen LogP contribution in [0.25, 0.3) is 0 Å². The monoisotopic (exact) mass is 197 g/mol. The van der Waals surface area contributed by atoms with Crippen LogP contribution in [0.1, 0.15) is 33.6 Å². The Labute approximate surface area is 85.2 Å². The van der Waals surface area contributed by atoms with Crippen molar-refractivity contribution < 1.29 is 9.53 Å². The van der Waals surface area contributed by atoms with E-state index in [0.29, 0.717) is 6.04 Å². The number of nitrogens with one attached hydrogen (secondary N) is 1. The molecule has 80 valence electrons. The number of hydrogen-bond acceptors (Lipinski definition) is 2. The van der Waals surface area contributed by atoms with Crippen molar-refractivity contribution in [1.29, 1.82) is 0 Å². The molecule has 2 saturated heterocycles. The van der Waals surface area contributed by atoms with Gasteiger partial charge in [0.1, 0.15) is 0 Å². The summed E-state index contributed by atoms with van der Waals surface area (Å²) in [5.74, 6) is 0.305. The Morgan fingerprint density at radius 3 is 2.79 bits per heavy atom. The molecule has 0 radical (unpaired) electrons. The van der Waals surface area contributed by atoms with E-state index in [0.717, 1.165) is 19.4 Å². The highest BCUT2D eigenvalue weighted by molar-refractivity contribution is 5.82. The molecule has 14 heavy (non-hydrogen) atoms. The minimum absolute atomic E-state index is 0.0613. The van der Waals surface area contributed by atoms with Gasteiger partial charge in [-0.2, -0.15) is 0 Å². The van der Waals surface area contributed by atoms with Gasteiger partial charge in [-0.15, -0.1) is 0 Å². The molecule has 0 aromatic heterocycles. The Morgan fingerprint density at radius 2 is 2.29 bits per heavy atom. The second-order valence-corrected chi connectivity index (χ2v) is 4.57. The molecule has 2 fully saturated rings. The minimum atomic E-state index is 0.0613. The Bertz CT molecular complexity index is 254. The van der Waals surface area contributed by atoms with Crippen LogP contribution in [-0.2, 0) is 9.53 Å². The van der Waals surface area contributed by atoms with E-state index in [1.165, 1.54) is 0 Å². The zero-order valence-electron chi connectivity index (χ0n) is 9.17. The molecule has 0 aliphatic carbocycles. The summed E-state index contributed by atoms with van der Waals surface area (Å²) >= 11 is 0. The SMILES string of the molecule is CCC1NC(=O)C(C)C12CCOC2C. The molecule has 3 nitrogen and oxygen atoms in total. The lowest BCUT2D eigenvalue weighted by molar-refractivity contribution is -0.123. The molecule has 2 rings (SSSR count). The summed E-state index contributed by atoms with van der Waals surface area (Å²) in [5.41, 5.74) is 0.0613. The molecule has 0 aromatic carbocycles. The van der Waals surface area contributed by atoms with Crippen molar-refractivity contribution in [3.8, 4) is 0 Å². The van der Waals surface area contributed by atoms with Crippen LogP contribution in [0.4, 0.5) is 0 Å². The predicted molar refractivity (Wildman–Crippen MR) is 53.8 cm³/mol. The Hall–Kier alpha value is -0.570. The van der Waals surface area contributed by atoms with E-state index in [2.05, 4.69) is 19.2 Å². The largest absolute Gasteiger partial charge is 0.378 e. The average molecular weight is 197 g/mol. The van der Waals surface area contributed by atoms with E-state index in [-0.39, 0.29) is 23.3 Å². The van der Waals surface area contributed by atoms with Gasteiger partial charge in [-0.05, 0) is 19.8 Å². The standard InChI is InChI=1S/C11H19NO2/c1-4-9-11(5-6-14-8(11)3)7(2)10(13)12-9/h7-9H,4-6H2,1-3H3,(H,12,13). The number of rotatable bonds is 1. The van der Waals surface area contributed by atoms with Gasteiger partial charge in [0.25, 0.3) is 0 Å². The molecule has 3 heteroatoms. The predicted octanol–water partition coefficient (Wildman–Crippen LogP) is 1.33. The molecule has 1 spiro atoms. The zero-order chi connectivity index (χ0) is 10.3. The number of carbonyl (C=O) groups excluding carboxylic acids is 1. The second kappa shape index (κ2) is 3.23. The molecule has 4 unspecified atom stereocenters. The molecule has 2 aliphatic heterocycles. The molecular formula is C11H19NO2. The Balaban J connectivity index is 2.34. The minimum Gasteiger partial charge on any atom is -0.378 e. The fourth-order valence-corrected chi connectivity index (χ4v) is 3.26. The van der Waals surface area contributed by atoms with Crippen LogP contribution >= 0.6 is 0 Å². The summed E-state index contributed by atoms with van der Waals surface area (Å²) in [7, 11) is 0. The maximum absolute atomic E-state index is 11.7. The highest BCUT2D eigenvalue weighted by Gasteiger charge is 2.57. The third kappa shape index (κ3) is 1.05. The Kier molecular flexibility index (Phi) is 2.30. The quantitative estimate of drug-likeness (QED) is 0.688. The number of carbonyl (C=O) groups is 1. The number of hydrogen-bond donors (Lipinski definition) is 1. The molecule has 0 bridgehead atoms. The third-order valence-corrected chi connectivity index (χ3v) is 4.23. The van der Waals surface area contributed by atoms with E-state index in [9.17, 15) is 4.79 Å². The van der Waals surface area contributed by atoms with Gasteiger partial charge >= 0.3 is 0 Å². The first kappa shape index (κ1) is 9.97. The van der Waals surface area contributed by atoms with E-state index in [1.807, 2.05) is 6.92 Å². The van der Waals surface area contributed by atoms with Gasteiger partial charge in [-0.1, -0.05) is 13.8 Å². The molecule has 2 aliphatic rings. The third-order valence-electron chi connectivity index (χ3n) is 4.23. The maximum atomic E-state index is 11.7. The molecule has 1 N–H and O–H groups in total. The van der Waals surface area contributed by atoms with Crippen molar-refractivity contribution in [2.75, 3.05) is 6.61 Å². The summed E-state index contributed by atoms with van der Waals surface area (Å²) in [6, 6.07) is 0.308. The summed E-state index contributed by atoms with van der Waals surface area (Å²) in [6.45, 7) is 7.08. The van der Waals surface area contributed by atoms with Crippen LogP contribution in [-0.4, -0.2) is 24.7 Å². The maximum Gasteiger partial charge on any atom is 0.223 e. The summed E-state index contributed by atoms with van der Waals surface area (Å²) < 4.78 is 5.65. The second-order valence-electron chi connectivity index (χ2n) is 4.57. The molecular weight excluding hydrogens is 178 g/mol. The first-order valence-electron chi connectivity index (χ1n) is 5.55. The van der Waals surface area contributed by atoms with Gasteiger partial charge in [-0.25, -0.2) is 0 Å². The van der Waals surface area contributed by atoms with Gasteiger partial charge in [0.2, 0.25) is 5.91 Å². The lowest BCUT2D eigenvalue weighted by atomic mass is 9.68. The van der Waals surface area contributed by atoms with Gasteiger partial charge in [0.05, 0.1) is 6.10 Å². The molecule has 2 heterocycles. The molecule has 1 amide bonds. The van der Waals surface area contributed by atoms with Crippen LogP contribution in [0.2, 0.25) is 0 Å². The molecule has 0 aromatic rings. The van der Waals surface area contributed by atoms with Crippen LogP contribution in [0, 0.1) is 11.3 Å². The highest BCUT2D eigenvalue weighted by atomic mass is 16.5. The Morgan fingerprint density at radius 1 is 1.57 bits per heavy atom. The van der Waals surface area contributed by atoms with Crippen LogP contribution < -0.4 is 5.32 Å². The van der Waals surface area contributed by atoms with E-state index in [1.54, 1.807) is 0 Å². The van der Waals surface area contributed by atoms with Crippen LogP contribution in [0.15, 0.2) is 0 Å². The van der Waals surface area contributed by atoms with Crippen molar-refractivity contribution in [1.82, 2.24) is 5.32 Å². The van der Waals surface area contributed by atoms with Crippen LogP contribution in [0.3, 0.4) is 0 Å². The van der Waals surface area contributed by atoms with Crippen molar-refractivity contribution in [3.05, 3.63) is 0 Å². The van der Waals surface area contributed by atoms with Crippen LogP contribution in [0.5, 0.6) is 0 Å². The van der Waals surface area contributed by atoms with Crippen molar-refractivity contribution in [3.63, 3.8) is 0 Å². The summed E-state index contributed by atoms with van der Waals surface area (Å²) in [4.78, 5) is 11.7. The highest BCUT2D eigenvalue weighted by Crippen LogP contribution is 2.49. The average Bonchev–Trinajstić information content (AvgIpc) is 2.65. The van der Waals surface area contributed by atoms with Gasteiger partial charge in [-0.3, -0.25) is 4.79 Å². The van der Waals surface area contributed by atoms with Crippen molar-refractivity contribution >= 4 is 5.91 Å². The number of amides is 1. The van der Waals surface area contributed by atoms with Crippen molar-refractivity contribution in [2.24, 2.45) is 11.3 Å². The summed E-state index contributed by atoms with van der Waals surface area (Å²) in [5, 5.41) is 3.10. The topological polar surface area (TPSA) is 38.3 Å². The van der Waals surface area contributed by atoms with Gasteiger partial charge in [0.15, 0.2) is 0 Å². The van der Waals surface area contributed by atoms with E-state index < -0.39 is 0 Å². The smallest absolute Gasteiger partial charge is 0.223 e. The fourth-order valence-electron chi connectivity index (χ4n) is 3.26. The van der Waals surface area contributed by atoms with E-state index in [4.69, 9.17) is 4.74 Å². The van der Waals surface area contributed by atoms with Crippen molar-refractivity contribution in [2.45, 2.75) is 45.8 Å². The normalized spacial score (nSPS) is 47.4. The van der Waals surface area contributed by atoms with Gasteiger partial charge < -0.3 is 10.1 Å². The molecule has 0 saturated carbocycles. The summed E-state index contributed by atoms with van der Waals surface area (Å²) in [6.07, 6.45) is 2.23. The fraction of sp³-hybridized carbons (Fsp3) is 0.909. The zero-order valence-corrected chi connectivity index (χ0v) is 9.17. The first-order chi connectivity index (χ1) is 6.63.